The highest BCUT2D eigenvalue weighted by Gasteiger charge is 2.31. The van der Waals surface area contributed by atoms with Crippen LogP contribution in [0.15, 0.2) is 54.6 Å². The van der Waals surface area contributed by atoms with Crippen molar-refractivity contribution < 1.29 is 27.1 Å². The lowest BCUT2D eigenvalue weighted by Crippen LogP contribution is -2.35. The number of H-pyrrole nitrogens is 1. The maximum absolute atomic E-state index is 14.0. The Morgan fingerprint density at radius 2 is 1.79 bits per heavy atom. The SMILES string of the molecule is Nc1n[nH]c2c(CN3CCOCC3)ccc(-c3ccc(NC(=O)Nc4cc(C(F)(F)F)ccc4F)cc3)c12. The monoisotopic (exact) mass is 528 g/mol. The van der Waals surface area contributed by atoms with Crippen LogP contribution in [0.5, 0.6) is 0 Å². The van der Waals surface area contributed by atoms with Crippen molar-refractivity contribution in [3.05, 3.63) is 71.5 Å². The Kier molecular flexibility index (Phi) is 6.91. The standard InChI is InChI=1S/C26H24F4N6O2/c27-20-8-4-17(26(28,29)30)13-21(20)33-25(37)32-18-5-1-15(2-6-18)19-7-3-16(14-36-9-11-38-12-10-36)23-22(19)24(31)35-34-23/h1-8,13H,9-12,14H2,(H3,31,34,35)(H2,32,33,37). The van der Waals surface area contributed by atoms with E-state index in [1.54, 1.807) is 24.3 Å². The number of carbonyl (C=O) groups is 1. The smallest absolute Gasteiger partial charge is 0.382 e. The zero-order valence-electron chi connectivity index (χ0n) is 20.0. The fourth-order valence-corrected chi connectivity index (χ4v) is 4.40. The zero-order valence-corrected chi connectivity index (χ0v) is 20.0. The van der Waals surface area contributed by atoms with Crippen LogP contribution >= 0.6 is 0 Å². The number of alkyl halides is 3. The zero-order chi connectivity index (χ0) is 26.9. The summed E-state index contributed by atoms with van der Waals surface area (Å²) in [6.45, 7) is 3.80. The molecule has 12 heteroatoms. The number of fused-ring (bicyclic) bond motifs is 1. The van der Waals surface area contributed by atoms with Crippen LogP contribution in [-0.4, -0.2) is 47.4 Å². The number of hydrogen-bond donors (Lipinski definition) is 4. The lowest BCUT2D eigenvalue weighted by atomic mass is 9.98. The number of halogens is 4. The number of nitrogens with two attached hydrogens (primary N) is 1. The largest absolute Gasteiger partial charge is 0.416 e. The van der Waals surface area contributed by atoms with Crippen molar-refractivity contribution in [2.45, 2.75) is 12.7 Å². The number of carbonyl (C=O) groups excluding carboxylic acids is 1. The summed E-state index contributed by atoms with van der Waals surface area (Å²) in [5, 5.41) is 12.6. The third-order valence-corrected chi connectivity index (χ3v) is 6.33. The number of aromatic nitrogens is 2. The van der Waals surface area contributed by atoms with E-state index in [4.69, 9.17) is 10.5 Å². The quantitative estimate of drug-likeness (QED) is 0.258. The lowest BCUT2D eigenvalue weighted by Gasteiger charge is -2.26. The molecule has 1 aliphatic heterocycles. The molecule has 5 N–H and O–H groups in total. The number of aromatic amines is 1. The molecule has 198 valence electrons. The summed E-state index contributed by atoms with van der Waals surface area (Å²) >= 11 is 0. The molecule has 4 aromatic rings. The highest BCUT2D eigenvalue weighted by Crippen LogP contribution is 2.35. The summed E-state index contributed by atoms with van der Waals surface area (Å²) in [6.07, 6.45) is -4.67. The maximum atomic E-state index is 14.0. The molecule has 0 aliphatic carbocycles. The molecule has 0 atom stereocenters. The van der Waals surface area contributed by atoms with Gasteiger partial charge in [0, 0.05) is 25.3 Å². The Balaban J connectivity index is 1.32. The number of urea groups is 1. The molecule has 1 aliphatic rings. The highest BCUT2D eigenvalue weighted by molar-refractivity contribution is 6.03. The van der Waals surface area contributed by atoms with Gasteiger partial charge in [0.15, 0.2) is 5.82 Å². The molecule has 0 saturated carbocycles. The van der Waals surface area contributed by atoms with Gasteiger partial charge >= 0.3 is 12.2 Å². The molecule has 0 bridgehead atoms. The summed E-state index contributed by atoms with van der Waals surface area (Å²) in [5.74, 6) is -0.620. The van der Waals surface area contributed by atoms with Crippen molar-refractivity contribution in [3.8, 4) is 11.1 Å². The molecular formula is C26H24F4N6O2. The minimum atomic E-state index is -4.67. The van der Waals surface area contributed by atoms with Crippen LogP contribution in [0.4, 0.5) is 39.5 Å². The van der Waals surface area contributed by atoms with Crippen molar-refractivity contribution in [2.24, 2.45) is 0 Å². The van der Waals surface area contributed by atoms with E-state index in [2.05, 4.69) is 25.7 Å². The number of rotatable bonds is 5. The number of anilines is 3. The van der Waals surface area contributed by atoms with Crippen LogP contribution < -0.4 is 16.4 Å². The Morgan fingerprint density at radius 1 is 1.05 bits per heavy atom. The highest BCUT2D eigenvalue weighted by atomic mass is 19.4. The molecule has 5 rings (SSSR count). The second kappa shape index (κ2) is 10.3. The van der Waals surface area contributed by atoms with Crippen molar-refractivity contribution in [1.82, 2.24) is 15.1 Å². The third-order valence-electron chi connectivity index (χ3n) is 6.33. The molecule has 0 unspecified atom stereocenters. The van der Waals surface area contributed by atoms with Crippen LogP contribution in [0.2, 0.25) is 0 Å². The van der Waals surface area contributed by atoms with Gasteiger partial charge in [0.05, 0.1) is 35.4 Å². The first-order valence-electron chi connectivity index (χ1n) is 11.8. The number of nitrogen functional groups attached to an aromatic ring is 1. The van der Waals surface area contributed by atoms with Crippen LogP contribution in [0.25, 0.3) is 22.0 Å². The minimum Gasteiger partial charge on any atom is -0.382 e. The fourth-order valence-electron chi connectivity index (χ4n) is 4.40. The number of benzene rings is 3. The number of nitrogens with zero attached hydrogens (tertiary/aromatic N) is 2. The van der Waals surface area contributed by atoms with Gasteiger partial charge in [-0.2, -0.15) is 18.3 Å². The van der Waals surface area contributed by atoms with Crippen molar-refractivity contribution in [2.75, 3.05) is 42.7 Å². The Morgan fingerprint density at radius 3 is 2.50 bits per heavy atom. The first-order valence-corrected chi connectivity index (χ1v) is 11.8. The van der Waals surface area contributed by atoms with Gasteiger partial charge in [-0.1, -0.05) is 24.3 Å². The van der Waals surface area contributed by atoms with Crippen LogP contribution in [0, 0.1) is 5.82 Å². The average molecular weight is 529 g/mol. The summed E-state index contributed by atoms with van der Waals surface area (Å²) < 4.78 is 58.1. The minimum absolute atomic E-state index is 0.360. The van der Waals surface area contributed by atoms with E-state index in [0.29, 0.717) is 42.9 Å². The van der Waals surface area contributed by atoms with E-state index in [1.807, 2.05) is 12.1 Å². The number of morpholine rings is 1. The van der Waals surface area contributed by atoms with Crippen LogP contribution in [0.1, 0.15) is 11.1 Å². The third kappa shape index (κ3) is 5.41. The second-order valence-electron chi connectivity index (χ2n) is 8.87. The molecule has 2 heterocycles. The Bertz CT molecular complexity index is 1460. The molecule has 38 heavy (non-hydrogen) atoms. The fraction of sp³-hybridized carbons (Fsp3) is 0.231. The lowest BCUT2D eigenvalue weighted by molar-refractivity contribution is -0.137. The van der Waals surface area contributed by atoms with E-state index in [0.717, 1.165) is 47.2 Å². The first-order chi connectivity index (χ1) is 18.2. The summed E-state index contributed by atoms with van der Waals surface area (Å²) in [5.41, 5.74) is 8.47. The normalized spacial score (nSPS) is 14.5. The van der Waals surface area contributed by atoms with E-state index < -0.39 is 29.3 Å². The van der Waals surface area contributed by atoms with Gasteiger partial charge < -0.3 is 21.1 Å². The van der Waals surface area contributed by atoms with Crippen molar-refractivity contribution in [3.63, 3.8) is 0 Å². The predicted molar refractivity (Wildman–Crippen MR) is 136 cm³/mol. The van der Waals surface area contributed by atoms with Crippen molar-refractivity contribution >= 4 is 34.1 Å². The molecule has 0 spiro atoms. The number of nitrogens with one attached hydrogen (secondary N) is 3. The second-order valence-corrected chi connectivity index (χ2v) is 8.87. The van der Waals surface area contributed by atoms with Crippen LogP contribution in [0.3, 0.4) is 0 Å². The van der Waals surface area contributed by atoms with E-state index >= 15 is 0 Å². The number of ether oxygens (including phenoxy) is 1. The summed E-state index contributed by atoms with van der Waals surface area (Å²) in [4.78, 5) is 14.6. The van der Waals surface area contributed by atoms with Gasteiger partial charge in [0.25, 0.3) is 0 Å². The summed E-state index contributed by atoms with van der Waals surface area (Å²) in [6, 6.07) is 11.7. The molecule has 3 aromatic carbocycles. The van der Waals surface area contributed by atoms with E-state index in [9.17, 15) is 22.4 Å². The van der Waals surface area contributed by atoms with Gasteiger partial charge in [-0.05, 0) is 47.0 Å². The van der Waals surface area contributed by atoms with E-state index in [1.165, 1.54) is 0 Å². The van der Waals surface area contributed by atoms with Crippen molar-refractivity contribution in [1.29, 1.82) is 0 Å². The summed E-state index contributed by atoms with van der Waals surface area (Å²) in [7, 11) is 0. The van der Waals surface area contributed by atoms with Gasteiger partial charge in [-0.15, -0.1) is 0 Å². The molecule has 0 radical (unpaired) electrons. The van der Waals surface area contributed by atoms with Gasteiger partial charge in [0.1, 0.15) is 5.82 Å². The predicted octanol–water partition coefficient (Wildman–Crippen LogP) is 5.45. The molecule has 1 aromatic heterocycles. The Hall–Kier alpha value is -4.16. The molecule has 1 saturated heterocycles. The Labute approximate surface area is 214 Å². The topological polar surface area (TPSA) is 108 Å². The van der Waals surface area contributed by atoms with E-state index in [-0.39, 0.29) is 0 Å². The van der Waals surface area contributed by atoms with Gasteiger partial charge in [0.2, 0.25) is 0 Å². The average Bonchev–Trinajstić information content (AvgIpc) is 3.28. The first kappa shape index (κ1) is 25.5. The molecular weight excluding hydrogens is 504 g/mol. The van der Waals surface area contributed by atoms with Crippen LogP contribution in [-0.2, 0) is 17.5 Å². The molecule has 1 fully saturated rings. The van der Waals surface area contributed by atoms with Gasteiger partial charge in [-0.3, -0.25) is 10.00 Å². The number of hydrogen-bond acceptors (Lipinski definition) is 5. The van der Waals surface area contributed by atoms with Gasteiger partial charge in [-0.25, -0.2) is 9.18 Å². The number of amides is 2. The molecule has 2 amide bonds. The molecule has 8 nitrogen and oxygen atoms in total. The maximum Gasteiger partial charge on any atom is 0.416 e.